The van der Waals surface area contributed by atoms with Gasteiger partial charge < -0.3 is 4.28 Å². The fraction of sp³-hybridized carbons (Fsp3) is 0. The summed E-state index contributed by atoms with van der Waals surface area (Å²) in [5.41, 5.74) is 0. The van der Waals surface area contributed by atoms with E-state index in [0.717, 1.165) is 0 Å². The van der Waals surface area contributed by atoms with Crippen LogP contribution in [-0.4, -0.2) is 40.6 Å². The van der Waals surface area contributed by atoms with E-state index in [2.05, 4.69) is 0 Å². The minimum atomic E-state index is -4.67. The molecule has 0 fully saturated rings. The van der Waals surface area contributed by atoms with Crippen molar-refractivity contribution in [1.29, 1.82) is 0 Å². The first-order valence-corrected chi connectivity index (χ1v) is 2.10. The third kappa shape index (κ3) is 63.0. The molecule has 0 bridgehead atoms. The van der Waals surface area contributed by atoms with E-state index in [1.807, 2.05) is 0 Å². The van der Waals surface area contributed by atoms with Crippen LogP contribution in [0, 0.1) is 0 Å². The Kier molecular flexibility index (Phi) is 14.7. The molecule has 0 heterocycles. The largest absolute Gasteiger partial charge is 2.00 e. The van der Waals surface area contributed by atoms with Crippen LogP contribution < -0.4 is 51.4 Å². The molecule has 7 heteroatoms. The molecule has 4 nitrogen and oxygen atoms in total. The summed E-state index contributed by atoms with van der Waals surface area (Å²) in [6, 6.07) is 0. The zero-order valence-electron chi connectivity index (χ0n) is 6.83. The molecule has 0 spiro atoms. The van der Waals surface area contributed by atoms with E-state index in [-0.39, 0.29) is 78.7 Å². The van der Waals surface area contributed by atoms with Crippen molar-refractivity contribution >= 4 is 33.5 Å². The van der Waals surface area contributed by atoms with Crippen molar-refractivity contribution in [3.05, 3.63) is 0 Å². The second-order valence-corrected chi connectivity index (χ2v) is 1.34. The van der Waals surface area contributed by atoms with E-state index in [9.17, 15) is 0 Å². The van der Waals surface area contributed by atoms with Crippen LogP contribution in [0.5, 0.6) is 0 Å². The molecule has 0 aliphatic heterocycles. The number of hydrogen-bond acceptors (Lipinski definition) is 2. The zero-order chi connectivity index (χ0) is 4.50. The van der Waals surface area contributed by atoms with Gasteiger partial charge in [-0.25, -0.2) is 0 Å². The molecule has 7 heavy (non-hydrogen) atoms. The summed E-state index contributed by atoms with van der Waals surface area (Å²) < 4.78 is 31.6. The zero-order valence-corrected chi connectivity index (χ0v) is 9.18. The SMILES string of the molecule is O=S(=O)(O)O.[H-].[H-].[H-].[K+].[Mg+2]. The Labute approximate surface area is 105 Å². The van der Waals surface area contributed by atoms with E-state index in [0.29, 0.717) is 0 Å². The summed E-state index contributed by atoms with van der Waals surface area (Å²) in [6.07, 6.45) is 0. The van der Waals surface area contributed by atoms with Crippen molar-refractivity contribution in [1.82, 2.24) is 0 Å². The van der Waals surface area contributed by atoms with Gasteiger partial charge in [-0.2, -0.15) is 8.42 Å². The molecule has 0 aromatic heterocycles. The van der Waals surface area contributed by atoms with E-state index in [4.69, 9.17) is 17.5 Å². The van der Waals surface area contributed by atoms with Crippen LogP contribution in [0.2, 0.25) is 0 Å². The first-order valence-electron chi connectivity index (χ1n) is 0.698. The molecule has 0 aliphatic rings. The minimum Gasteiger partial charge on any atom is -1.00 e. The molecule has 0 aromatic carbocycles. The van der Waals surface area contributed by atoms with Gasteiger partial charge in [-0.1, -0.05) is 0 Å². The van der Waals surface area contributed by atoms with Gasteiger partial charge in [0.15, 0.2) is 0 Å². The maximum atomic E-state index is 8.74. The molecule has 0 saturated carbocycles. The Balaban J connectivity index is -0.00000000800. The fourth-order valence-corrected chi connectivity index (χ4v) is 0. The molecule has 0 amide bonds. The van der Waals surface area contributed by atoms with E-state index < -0.39 is 10.4 Å². The molecule has 0 atom stereocenters. The molecule has 0 unspecified atom stereocenters. The van der Waals surface area contributed by atoms with Gasteiger partial charge in [-0.05, 0) is 0 Å². The van der Waals surface area contributed by atoms with Gasteiger partial charge in [-0.3, -0.25) is 9.11 Å². The molecule has 38 valence electrons. The van der Waals surface area contributed by atoms with E-state index in [1.54, 1.807) is 0 Å². The van der Waals surface area contributed by atoms with Crippen LogP contribution >= 0.6 is 0 Å². The second kappa shape index (κ2) is 6.39. The molecule has 0 saturated heterocycles. The third-order valence-corrected chi connectivity index (χ3v) is 0. The molecule has 0 aliphatic carbocycles. The summed E-state index contributed by atoms with van der Waals surface area (Å²) in [6.45, 7) is 0. The van der Waals surface area contributed by atoms with E-state index >= 15 is 0 Å². The van der Waals surface area contributed by atoms with Crippen LogP contribution in [-0.2, 0) is 10.4 Å². The Hall–Kier alpha value is 2.27. The number of hydrogen-bond donors (Lipinski definition) is 2. The van der Waals surface area contributed by atoms with Gasteiger partial charge in [0.25, 0.3) is 0 Å². The summed E-state index contributed by atoms with van der Waals surface area (Å²) in [5, 5.41) is 0. The molecule has 0 aromatic rings. The van der Waals surface area contributed by atoms with Gasteiger partial charge in [-0.15, -0.1) is 0 Å². The van der Waals surface area contributed by atoms with Crippen molar-refractivity contribution in [3.8, 4) is 0 Å². The van der Waals surface area contributed by atoms with Gasteiger partial charge in [0.1, 0.15) is 0 Å². The quantitative estimate of drug-likeness (QED) is 0.286. The molecule has 0 rings (SSSR count). The van der Waals surface area contributed by atoms with Crippen LogP contribution in [0.25, 0.3) is 0 Å². The normalized spacial score (nSPS) is 8.29. The predicted molar refractivity (Wildman–Crippen MR) is 23.3 cm³/mol. The average Bonchev–Trinajstić information content (AvgIpc) is 0.722. The summed E-state index contributed by atoms with van der Waals surface area (Å²) in [7, 11) is -4.67. The Morgan fingerprint density at radius 2 is 1.29 bits per heavy atom. The van der Waals surface area contributed by atoms with Crippen LogP contribution in [0.1, 0.15) is 4.28 Å². The molecule has 2 N–H and O–H groups in total. The van der Waals surface area contributed by atoms with Crippen molar-refractivity contribution in [2.24, 2.45) is 0 Å². The summed E-state index contributed by atoms with van der Waals surface area (Å²) in [5.74, 6) is 0. The van der Waals surface area contributed by atoms with Crippen molar-refractivity contribution in [2.75, 3.05) is 0 Å². The molecule has 0 radical (unpaired) electrons. The standard InChI is InChI=1S/K.Mg.H2O4S.3H/c;;1-5(2,3)4;;;/h;;(H2,1,2,3,4);;;/q+1;+2;;3*-1. The van der Waals surface area contributed by atoms with Gasteiger partial charge in [0.2, 0.25) is 0 Å². The van der Waals surface area contributed by atoms with Crippen LogP contribution in [0.15, 0.2) is 0 Å². The monoisotopic (exact) mass is 164 g/mol. The maximum Gasteiger partial charge on any atom is 2.00 e. The second-order valence-electron chi connectivity index (χ2n) is 0.448. The first kappa shape index (κ1) is 16.1. The Bertz CT molecular complexity index is 104. The molecular formula is H5KMgO4S. The van der Waals surface area contributed by atoms with E-state index in [1.165, 1.54) is 0 Å². The first-order chi connectivity index (χ1) is 2.00. The van der Waals surface area contributed by atoms with Gasteiger partial charge in [0, 0.05) is 0 Å². The van der Waals surface area contributed by atoms with Crippen LogP contribution in [0.4, 0.5) is 0 Å². The number of rotatable bonds is 0. The summed E-state index contributed by atoms with van der Waals surface area (Å²) in [4.78, 5) is 0. The maximum absolute atomic E-state index is 8.74. The average molecular weight is 165 g/mol. The Morgan fingerprint density at radius 3 is 1.29 bits per heavy atom. The van der Waals surface area contributed by atoms with Gasteiger partial charge in [0.05, 0.1) is 0 Å². The summed E-state index contributed by atoms with van der Waals surface area (Å²) >= 11 is 0. The molecular weight excluding hydrogens is 159 g/mol. The smallest absolute Gasteiger partial charge is 1.00 e. The van der Waals surface area contributed by atoms with Gasteiger partial charge >= 0.3 is 84.8 Å². The predicted octanol–water partition coefficient (Wildman–Crippen LogP) is -3.69. The fourth-order valence-electron chi connectivity index (χ4n) is 0. The van der Waals surface area contributed by atoms with Crippen molar-refractivity contribution in [2.45, 2.75) is 0 Å². The van der Waals surface area contributed by atoms with Crippen molar-refractivity contribution < 1.29 is 73.2 Å². The Morgan fingerprint density at radius 1 is 1.29 bits per heavy atom. The minimum absolute atomic E-state index is 0. The third-order valence-electron chi connectivity index (χ3n) is 0. The van der Waals surface area contributed by atoms with Crippen molar-refractivity contribution in [3.63, 3.8) is 0 Å². The topological polar surface area (TPSA) is 74.6 Å². The van der Waals surface area contributed by atoms with Crippen LogP contribution in [0.3, 0.4) is 0 Å².